The number of esters is 1. The molecule has 0 saturated carbocycles. The highest BCUT2D eigenvalue weighted by atomic mass is 16.5. The van der Waals surface area contributed by atoms with Crippen molar-refractivity contribution >= 4 is 5.97 Å². The first-order valence-electron chi connectivity index (χ1n) is 6.75. The number of carbonyl (C=O) groups excluding carboxylic acids is 1. The summed E-state index contributed by atoms with van der Waals surface area (Å²) in [5, 5.41) is 10.4. The molecule has 0 fully saturated rings. The smallest absolute Gasteiger partial charge is 0.342 e. The second-order valence-corrected chi connectivity index (χ2v) is 5.02. The highest BCUT2D eigenvalue weighted by molar-refractivity contribution is 5.98. The Hall–Kier alpha value is -1.97. The van der Waals surface area contributed by atoms with Crippen LogP contribution in [-0.2, 0) is 17.8 Å². The topological polar surface area (TPSA) is 55.8 Å². The first-order valence-corrected chi connectivity index (χ1v) is 6.75. The number of hydrogen-bond donors (Lipinski definition) is 1. The summed E-state index contributed by atoms with van der Waals surface area (Å²) in [6.45, 7) is 6.21. The van der Waals surface area contributed by atoms with Crippen molar-refractivity contribution < 1.29 is 19.4 Å². The van der Waals surface area contributed by atoms with E-state index in [1.807, 2.05) is 19.9 Å². The van der Waals surface area contributed by atoms with Gasteiger partial charge in [-0.3, -0.25) is 0 Å². The highest BCUT2D eigenvalue weighted by Crippen LogP contribution is 2.41. The van der Waals surface area contributed by atoms with Crippen molar-refractivity contribution in [1.29, 1.82) is 0 Å². The highest BCUT2D eigenvalue weighted by Gasteiger charge is 2.31. The fourth-order valence-electron chi connectivity index (χ4n) is 2.45. The first kappa shape index (κ1) is 14.4. The maximum atomic E-state index is 11.7. The van der Waals surface area contributed by atoms with Gasteiger partial charge in [0.1, 0.15) is 23.7 Å². The largest absolute Gasteiger partial charge is 0.507 e. The van der Waals surface area contributed by atoms with Gasteiger partial charge in [0.05, 0.1) is 7.11 Å². The molecule has 4 nitrogen and oxygen atoms in total. The van der Waals surface area contributed by atoms with E-state index in [-0.39, 0.29) is 12.4 Å². The number of hydrogen-bond acceptors (Lipinski definition) is 4. The van der Waals surface area contributed by atoms with Gasteiger partial charge in [0.25, 0.3) is 0 Å². The van der Waals surface area contributed by atoms with Crippen molar-refractivity contribution in [2.75, 3.05) is 7.11 Å². The molecule has 2 rings (SSSR count). The predicted octanol–water partition coefficient (Wildman–Crippen LogP) is 3.28. The lowest BCUT2D eigenvalue weighted by atomic mass is 9.95. The molecule has 0 spiro atoms. The molecule has 0 bridgehead atoms. The van der Waals surface area contributed by atoms with Gasteiger partial charge in [-0.05, 0) is 32.3 Å². The number of carbonyl (C=O) groups is 1. The lowest BCUT2D eigenvalue weighted by Gasteiger charge is -2.15. The Kier molecular flexibility index (Phi) is 4.02. The molecular formula is C16H20O4. The Labute approximate surface area is 119 Å². The summed E-state index contributed by atoms with van der Waals surface area (Å²) in [5.41, 5.74) is 3.76. The molecule has 1 N–H and O–H groups in total. The Morgan fingerprint density at radius 2 is 2.20 bits per heavy atom. The van der Waals surface area contributed by atoms with E-state index in [9.17, 15) is 9.90 Å². The zero-order chi connectivity index (χ0) is 14.9. The van der Waals surface area contributed by atoms with Crippen molar-refractivity contribution in [2.24, 2.45) is 0 Å². The number of cyclic esters (lactones) is 1. The summed E-state index contributed by atoms with van der Waals surface area (Å²) < 4.78 is 10.4. The van der Waals surface area contributed by atoms with E-state index >= 15 is 0 Å². The number of fused-ring (bicyclic) bond motifs is 1. The second kappa shape index (κ2) is 5.57. The Morgan fingerprint density at radius 3 is 2.80 bits per heavy atom. The number of allylic oxidation sites excluding steroid dienone is 2. The molecule has 0 aromatic heterocycles. The van der Waals surface area contributed by atoms with Crippen LogP contribution in [0.4, 0.5) is 0 Å². The van der Waals surface area contributed by atoms with Gasteiger partial charge >= 0.3 is 5.97 Å². The molecule has 1 aromatic rings. The summed E-state index contributed by atoms with van der Waals surface area (Å²) in [7, 11) is 1.58. The van der Waals surface area contributed by atoms with Crippen LogP contribution in [0, 0.1) is 6.92 Å². The maximum absolute atomic E-state index is 11.7. The van der Waals surface area contributed by atoms with Crippen LogP contribution in [0.25, 0.3) is 0 Å². The molecular weight excluding hydrogens is 256 g/mol. The predicted molar refractivity (Wildman–Crippen MR) is 76.3 cm³/mol. The average Bonchev–Trinajstić information content (AvgIpc) is 2.83. The zero-order valence-corrected chi connectivity index (χ0v) is 12.4. The molecule has 4 heteroatoms. The van der Waals surface area contributed by atoms with E-state index in [0.717, 1.165) is 17.5 Å². The standard InChI is InChI=1S/C16H20O4/c1-5-9(2)6-7-11-14(17)13-12(8-20-16(13)18)10(3)15(11)19-4/h6,17H,5,7-8H2,1-4H3/b9-6+. The second-order valence-electron chi connectivity index (χ2n) is 5.02. The van der Waals surface area contributed by atoms with Crippen LogP contribution < -0.4 is 4.74 Å². The van der Waals surface area contributed by atoms with E-state index in [2.05, 4.69) is 6.92 Å². The van der Waals surface area contributed by atoms with Crippen molar-refractivity contribution in [1.82, 2.24) is 0 Å². The molecule has 1 aromatic carbocycles. The molecule has 1 heterocycles. The quantitative estimate of drug-likeness (QED) is 0.677. The van der Waals surface area contributed by atoms with Crippen LogP contribution in [0.5, 0.6) is 11.5 Å². The minimum Gasteiger partial charge on any atom is -0.507 e. The molecule has 0 atom stereocenters. The normalized spacial score (nSPS) is 14.2. The number of aromatic hydroxyl groups is 1. The number of rotatable bonds is 4. The molecule has 0 aliphatic carbocycles. The molecule has 0 radical (unpaired) electrons. The lowest BCUT2D eigenvalue weighted by molar-refractivity contribution is 0.0533. The van der Waals surface area contributed by atoms with Crippen molar-refractivity contribution in [3.05, 3.63) is 33.9 Å². The molecule has 1 aliphatic rings. The van der Waals surface area contributed by atoms with Gasteiger partial charge in [-0.25, -0.2) is 4.79 Å². The molecule has 0 amide bonds. The van der Waals surface area contributed by atoms with Crippen LogP contribution in [0.2, 0.25) is 0 Å². The lowest BCUT2D eigenvalue weighted by Crippen LogP contribution is -2.03. The van der Waals surface area contributed by atoms with Gasteiger partial charge in [-0.15, -0.1) is 0 Å². The van der Waals surface area contributed by atoms with Crippen LogP contribution in [-0.4, -0.2) is 18.2 Å². The van der Waals surface area contributed by atoms with Gasteiger partial charge < -0.3 is 14.6 Å². The number of phenols is 1. The molecule has 108 valence electrons. The minimum atomic E-state index is -0.458. The molecule has 1 aliphatic heterocycles. The minimum absolute atomic E-state index is 0.00916. The number of ether oxygens (including phenoxy) is 2. The Morgan fingerprint density at radius 1 is 1.50 bits per heavy atom. The number of methoxy groups -OCH3 is 1. The van der Waals surface area contributed by atoms with E-state index in [1.165, 1.54) is 5.57 Å². The summed E-state index contributed by atoms with van der Waals surface area (Å²) >= 11 is 0. The molecule has 20 heavy (non-hydrogen) atoms. The van der Waals surface area contributed by atoms with Gasteiger partial charge in [0, 0.05) is 11.1 Å². The number of benzene rings is 1. The van der Waals surface area contributed by atoms with Crippen LogP contribution in [0.3, 0.4) is 0 Å². The Balaban J connectivity index is 2.58. The number of phenolic OH excluding ortho intramolecular Hbond substituents is 1. The third kappa shape index (κ3) is 2.26. The third-order valence-electron chi connectivity index (χ3n) is 3.86. The van der Waals surface area contributed by atoms with Crippen LogP contribution >= 0.6 is 0 Å². The van der Waals surface area contributed by atoms with E-state index in [1.54, 1.807) is 7.11 Å². The Bertz CT molecular complexity index is 585. The summed E-state index contributed by atoms with van der Waals surface area (Å²) in [6, 6.07) is 0. The van der Waals surface area contributed by atoms with Gasteiger partial charge in [-0.1, -0.05) is 18.6 Å². The van der Waals surface area contributed by atoms with Gasteiger partial charge in [-0.2, -0.15) is 0 Å². The summed E-state index contributed by atoms with van der Waals surface area (Å²) in [6.07, 6.45) is 3.54. The third-order valence-corrected chi connectivity index (χ3v) is 3.86. The average molecular weight is 276 g/mol. The van der Waals surface area contributed by atoms with Gasteiger partial charge in [0.15, 0.2) is 0 Å². The van der Waals surface area contributed by atoms with E-state index in [4.69, 9.17) is 9.47 Å². The van der Waals surface area contributed by atoms with E-state index in [0.29, 0.717) is 23.3 Å². The molecule has 0 unspecified atom stereocenters. The van der Waals surface area contributed by atoms with E-state index < -0.39 is 5.97 Å². The monoisotopic (exact) mass is 276 g/mol. The van der Waals surface area contributed by atoms with Crippen molar-refractivity contribution in [3.63, 3.8) is 0 Å². The van der Waals surface area contributed by atoms with Crippen molar-refractivity contribution in [2.45, 2.75) is 40.2 Å². The zero-order valence-electron chi connectivity index (χ0n) is 12.4. The SMILES string of the molecule is CC/C(C)=C/Cc1c(O)c2c(c(C)c1OC)COC2=O. The maximum Gasteiger partial charge on any atom is 0.342 e. The van der Waals surface area contributed by atoms with Crippen molar-refractivity contribution in [3.8, 4) is 11.5 Å². The van der Waals surface area contributed by atoms with Crippen LogP contribution in [0.15, 0.2) is 11.6 Å². The summed E-state index contributed by atoms with van der Waals surface area (Å²) in [4.78, 5) is 11.7. The fourth-order valence-corrected chi connectivity index (χ4v) is 2.45. The summed E-state index contributed by atoms with van der Waals surface area (Å²) in [5.74, 6) is 0.172. The van der Waals surface area contributed by atoms with Gasteiger partial charge in [0.2, 0.25) is 0 Å². The van der Waals surface area contributed by atoms with Crippen LogP contribution in [0.1, 0.15) is 47.3 Å². The first-order chi connectivity index (χ1) is 9.51. The fraction of sp³-hybridized carbons (Fsp3) is 0.438. The molecule has 0 saturated heterocycles.